The van der Waals surface area contributed by atoms with E-state index in [1.165, 1.54) is 11.5 Å². The maximum absolute atomic E-state index is 5.99. The Morgan fingerprint density at radius 1 is 1.29 bits per heavy atom. The third kappa shape index (κ3) is 3.74. The van der Waals surface area contributed by atoms with E-state index in [1.807, 2.05) is 0 Å². The minimum Gasteiger partial charge on any atom is -0.489 e. The summed E-state index contributed by atoms with van der Waals surface area (Å²) in [7, 11) is 0. The fourth-order valence-electron chi connectivity index (χ4n) is 2.29. The highest BCUT2D eigenvalue weighted by Gasteiger charge is 2.24. The molecule has 17 heavy (non-hydrogen) atoms. The number of benzene rings is 1. The van der Waals surface area contributed by atoms with Crippen molar-refractivity contribution in [1.82, 2.24) is 4.90 Å². The summed E-state index contributed by atoms with van der Waals surface area (Å²) in [5, 5.41) is 0. The molecule has 0 unspecified atom stereocenters. The molecule has 0 spiro atoms. The SMILES string of the molecule is C[C](C)CN1CC[C@H](Oc2ccc(C)cc2)C1. The van der Waals surface area contributed by atoms with Gasteiger partial charge in [0.2, 0.25) is 0 Å². The van der Waals surface area contributed by atoms with Crippen LogP contribution in [0.15, 0.2) is 24.3 Å². The van der Waals surface area contributed by atoms with Crippen LogP contribution >= 0.6 is 0 Å². The van der Waals surface area contributed by atoms with Gasteiger partial charge in [-0.25, -0.2) is 0 Å². The summed E-state index contributed by atoms with van der Waals surface area (Å²) in [4.78, 5) is 2.47. The number of likely N-dealkylation sites (tertiary alicyclic amines) is 1. The van der Waals surface area contributed by atoms with Crippen LogP contribution in [-0.4, -0.2) is 30.6 Å². The number of aryl methyl sites for hydroxylation is 1. The van der Waals surface area contributed by atoms with Crippen molar-refractivity contribution in [2.75, 3.05) is 19.6 Å². The van der Waals surface area contributed by atoms with Crippen LogP contribution in [0.5, 0.6) is 5.75 Å². The molecule has 1 fully saturated rings. The molecule has 1 saturated heterocycles. The highest BCUT2D eigenvalue weighted by molar-refractivity contribution is 5.26. The van der Waals surface area contributed by atoms with E-state index in [9.17, 15) is 0 Å². The largest absolute Gasteiger partial charge is 0.489 e. The van der Waals surface area contributed by atoms with Gasteiger partial charge in [0.25, 0.3) is 0 Å². The molecule has 1 aromatic carbocycles. The van der Waals surface area contributed by atoms with E-state index in [2.05, 4.69) is 49.9 Å². The molecular weight excluding hydrogens is 210 g/mol. The lowest BCUT2D eigenvalue weighted by molar-refractivity contribution is 0.202. The average molecular weight is 232 g/mol. The van der Waals surface area contributed by atoms with E-state index in [0.29, 0.717) is 6.10 Å². The minimum atomic E-state index is 0.358. The van der Waals surface area contributed by atoms with Gasteiger partial charge >= 0.3 is 0 Å². The second kappa shape index (κ2) is 5.54. The van der Waals surface area contributed by atoms with Crippen LogP contribution < -0.4 is 4.74 Å². The number of hydrogen-bond acceptors (Lipinski definition) is 2. The lowest BCUT2D eigenvalue weighted by Gasteiger charge is -2.18. The second-order valence-electron chi connectivity index (χ2n) is 5.28. The Balaban J connectivity index is 1.83. The van der Waals surface area contributed by atoms with Crippen molar-refractivity contribution in [3.63, 3.8) is 0 Å². The Hall–Kier alpha value is -1.02. The number of nitrogens with zero attached hydrogens (tertiary/aromatic N) is 1. The summed E-state index contributed by atoms with van der Waals surface area (Å²) < 4.78 is 5.99. The van der Waals surface area contributed by atoms with Crippen molar-refractivity contribution in [3.05, 3.63) is 35.7 Å². The predicted octanol–water partition coefficient (Wildman–Crippen LogP) is 3.06. The molecule has 0 aliphatic carbocycles. The second-order valence-corrected chi connectivity index (χ2v) is 5.28. The highest BCUT2D eigenvalue weighted by Crippen LogP contribution is 2.19. The number of ether oxygens (including phenoxy) is 1. The minimum absolute atomic E-state index is 0.358. The molecule has 0 amide bonds. The fourth-order valence-corrected chi connectivity index (χ4v) is 2.29. The average Bonchev–Trinajstić information content (AvgIpc) is 2.68. The zero-order valence-corrected chi connectivity index (χ0v) is 11.1. The van der Waals surface area contributed by atoms with Crippen molar-refractivity contribution in [2.45, 2.75) is 33.3 Å². The Morgan fingerprint density at radius 2 is 2.00 bits per heavy atom. The van der Waals surface area contributed by atoms with E-state index in [1.54, 1.807) is 0 Å². The predicted molar refractivity (Wildman–Crippen MR) is 71.2 cm³/mol. The molecule has 1 radical (unpaired) electrons. The first-order valence-corrected chi connectivity index (χ1v) is 6.38. The van der Waals surface area contributed by atoms with Gasteiger partial charge in [0.15, 0.2) is 0 Å². The first kappa shape index (κ1) is 12.4. The molecule has 2 rings (SSSR count). The van der Waals surface area contributed by atoms with E-state index in [0.717, 1.165) is 31.8 Å². The van der Waals surface area contributed by atoms with Crippen molar-refractivity contribution < 1.29 is 4.74 Å². The molecule has 1 heterocycles. The lowest BCUT2D eigenvalue weighted by Crippen LogP contribution is -2.27. The molecule has 0 aromatic heterocycles. The van der Waals surface area contributed by atoms with Crippen LogP contribution in [0.3, 0.4) is 0 Å². The molecule has 2 nitrogen and oxygen atoms in total. The van der Waals surface area contributed by atoms with Gasteiger partial charge in [-0.15, -0.1) is 0 Å². The standard InChI is InChI=1S/C15H22NO/c1-12(2)10-16-9-8-15(11-16)17-14-6-4-13(3)5-7-14/h4-7,15H,8-11H2,1-3H3/t15-/m0/s1. The zero-order chi connectivity index (χ0) is 12.3. The Labute approximate surface area is 105 Å². The van der Waals surface area contributed by atoms with Crippen LogP contribution in [0.1, 0.15) is 25.8 Å². The number of hydrogen-bond donors (Lipinski definition) is 0. The summed E-state index contributed by atoms with van der Waals surface area (Å²) in [6.45, 7) is 9.79. The smallest absolute Gasteiger partial charge is 0.119 e. The molecule has 1 aliphatic heterocycles. The van der Waals surface area contributed by atoms with Gasteiger partial charge < -0.3 is 4.74 Å². The van der Waals surface area contributed by atoms with E-state index < -0.39 is 0 Å². The van der Waals surface area contributed by atoms with Gasteiger partial charge in [0, 0.05) is 19.6 Å². The van der Waals surface area contributed by atoms with Crippen molar-refractivity contribution in [2.24, 2.45) is 0 Å². The Morgan fingerprint density at radius 3 is 2.65 bits per heavy atom. The van der Waals surface area contributed by atoms with E-state index in [4.69, 9.17) is 4.74 Å². The maximum atomic E-state index is 5.99. The zero-order valence-electron chi connectivity index (χ0n) is 11.1. The molecule has 0 saturated carbocycles. The van der Waals surface area contributed by atoms with Crippen molar-refractivity contribution in [3.8, 4) is 5.75 Å². The van der Waals surface area contributed by atoms with Gasteiger partial charge in [-0.3, -0.25) is 4.90 Å². The normalized spacial score (nSPS) is 21.1. The molecule has 2 heteroatoms. The molecule has 93 valence electrons. The maximum Gasteiger partial charge on any atom is 0.119 e. The first-order valence-electron chi connectivity index (χ1n) is 6.38. The van der Waals surface area contributed by atoms with Crippen molar-refractivity contribution >= 4 is 0 Å². The molecule has 0 N–H and O–H groups in total. The van der Waals surface area contributed by atoms with Gasteiger partial charge in [-0.05, 0) is 31.4 Å². The fraction of sp³-hybridized carbons (Fsp3) is 0.533. The Bertz CT molecular complexity index is 344. The topological polar surface area (TPSA) is 12.5 Å². The molecule has 1 atom stereocenters. The third-order valence-electron chi connectivity index (χ3n) is 3.09. The Kier molecular flexibility index (Phi) is 4.06. The summed E-state index contributed by atoms with van der Waals surface area (Å²) in [6.07, 6.45) is 1.50. The van der Waals surface area contributed by atoms with Crippen LogP contribution in [0, 0.1) is 12.8 Å². The van der Waals surface area contributed by atoms with Crippen LogP contribution in [0.4, 0.5) is 0 Å². The quantitative estimate of drug-likeness (QED) is 0.791. The lowest BCUT2D eigenvalue weighted by atomic mass is 10.2. The van der Waals surface area contributed by atoms with Gasteiger partial charge in [0.1, 0.15) is 11.9 Å². The highest BCUT2D eigenvalue weighted by atomic mass is 16.5. The van der Waals surface area contributed by atoms with Crippen LogP contribution in [0.2, 0.25) is 0 Å². The van der Waals surface area contributed by atoms with Gasteiger partial charge in [-0.1, -0.05) is 31.5 Å². The van der Waals surface area contributed by atoms with Crippen LogP contribution in [-0.2, 0) is 0 Å². The summed E-state index contributed by atoms with van der Waals surface area (Å²) in [6, 6.07) is 8.34. The summed E-state index contributed by atoms with van der Waals surface area (Å²) >= 11 is 0. The molecule has 1 aliphatic rings. The van der Waals surface area contributed by atoms with Crippen molar-refractivity contribution in [1.29, 1.82) is 0 Å². The van der Waals surface area contributed by atoms with E-state index >= 15 is 0 Å². The van der Waals surface area contributed by atoms with Gasteiger partial charge in [0.05, 0.1) is 0 Å². The third-order valence-corrected chi connectivity index (χ3v) is 3.09. The summed E-state index contributed by atoms with van der Waals surface area (Å²) in [5.41, 5.74) is 1.28. The van der Waals surface area contributed by atoms with E-state index in [-0.39, 0.29) is 0 Å². The number of rotatable bonds is 4. The van der Waals surface area contributed by atoms with Crippen LogP contribution in [0.25, 0.3) is 0 Å². The molecule has 0 bridgehead atoms. The van der Waals surface area contributed by atoms with Gasteiger partial charge in [-0.2, -0.15) is 0 Å². The first-order chi connectivity index (χ1) is 8.13. The summed E-state index contributed by atoms with van der Waals surface area (Å²) in [5.74, 6) is 2.47. The molecule has 1 aromatic rings. The monoisotopic (exact) mass is 232 g/mol. The molecular formula is C15H22NO.